The molecule has 7 nitrogen and oxygen atoms in total. The number of hydrogen-bond donors (Lipinski definition) is 1. The number of aromatic amines is 1. The highest BCUT2D eigenvalue weighted by Crippen LogP contribution is 2.08. The molecule has 114 valence electrons. The Kier molecular flexibility index (Phi) is 5.02. The van der Waals surface area contributed by atoms with Crippen LogP contribution in [0.15, 0.2) is 47.3 Å². The number of carbonyl (C=O) groups is 2. The number of rotatable bonds is 5. The number of methoxy groups -OCH3 is 1. The van der Waals surface area contributed by atoms with Gasteiger partial charge < -0.3 is 9.64 Å². The summed E-state index contributed by atoms with van der Waals surface area (Å²) in [5.74, 6) is -1.00. The van der Waals surface area contributed by atoms with E-state index in [1.165, 1.54) is 24.1 Å². The summed E-state index contributed by atoms with van der Waals surface area (Å²) in [6.07, 6.45) is 0. The molecule has 1 N–H and O–H groups in total. The van der Waals surface area contributed by atoms with Gasteiger partial charge in [-0.25, -0.2) is 5.10 Å². The summed E-state index contributed by atoms with van der Waals surface area (Å²) in [4.78, 5) is 36.3. The predicted octanol–water partition coefficient (Wildman–Crippen LogP) is 0.585. The molecule has 0 spiro atoms. The zero-order chi connectivity index (χ0) is 15.9. The SMILES string of the molecule is COC(=O)CN(Cc1ccccc1)C(=O)c1ccc(=O)[nH]n1. The van der Waals surface area contributed by atoms with Gasteiger partial charge in [-0.2, -0.15) is 5.10 Å². The molecule has 0 unspecified atom stereocenters. The fraction of sp³-hybridized carbons (Fsp3) is 0.200. The lowest BCUT2D eigenvalue weighted by Gasteiger charge is -2.21. The molecule has 0 aliphatic heterocycles. The minimum atomic E-state index is -0.534. The topological polar surface area (TPSA) is 92.4 Å². The molecular weight excluding hydrogens is 286 g/mol. The van der Waals surface area contributed by atoms with Crippen molar-refractivity contribution in [3.63, 3.8) is 0 Å². The summed E-state index contributed by atoms with van der Waals surface area (Å²) in [7, 11) is 1.26. The van der Waals surface area contributed by atoms with Crippen LogP contribution >= 0.6 is 0 Å². The maximum absolute atomic E-state index is 12.4. The van der Waals surface area contributed by atoms with Crippen molar-refractivity contribution >= 4 is 11.9 Å². The molecule has 0 aliphatic carbocycles. The van der Waals surface area contributed by atoms with Crippen LogP contribution in [-0.2, 0) is 16.1 Å². The number of H-pyrrole nitrogens is 1. The van der Waals surface area contributed by atoms with Crippen LogP contribution in [-0.4, -0.2) is 40.6 Å². The smallest absolute Gasteiger partial charge is 0.325 e. The lowest BCUT2D eigenvalue weighted by molar-refractivity contribution is -0.141. The second-order valence-electron chi connectivity index (χ2n) is 4.53. The van der Waals surface area contributed by atoms with Crippen LogP contribution in [0.5, 0.6) is 0 Å². The highest BCUT2D eigenvalue weighted by atomic mass is 16.5. The van der Waals surface area contributed by atoms with E-state index in [1.807, 2.05) is 30.3 Å². The van der Waals surface area contributed by atoms with Gasteiger partial charge in [0.05, 0.1) is 7.11 Å². The summed E-state index contributed by atoms with van der Waals surface area (Å²) >= 11 is 0. The van der Waals surface area contributed by atoms with Crippen molar-refractivity contribution in [2.45, 2.75) is 6.54 Å². The van der Waals surface area contributed by atoms with Gasteiger partial charge in [-0.1, -0.05) is 30.3 Å². The van der Waals surface area contributed by atoms with E-state index in [-0.39, 0.29) is 18.8 Å². The fourth-order valence-electron chi connectivity index (χ4n) is 1.85. The second kappa shape index (κ2) is 7.16. The van der Waals surface area contributed by atoms with E-state index in [4.69, 9.17) is 0 Å². The normalized spacial score (nSPS) is 10.0. The molecule has 1 aromatic heterocycles. The van der Waals surface area contributed by atoms with Gasteiger partial charge in [0.15, 0.2) is 0 Å². The number of nitrogens with zero attached hydrogens (tertiary/aromatic N) is 2. The number of carbonyl (C=O) groups excluding carboxylic acids is 2. The van der Waals surface area contributed by atoms with E-state index >= 15 is 0 Å². The lowest BCUT2D eigenvalue weighted by Crippen LogP contribution is -2.36. The Morgan fingerprint density at radius 2 is 1.91 bits per heavy atom. The quantitative estimate of drug-likeness (QED) is 0.816. The summed E-state index contributed by atoms with van der Waals surface area (Å²) < 4.78 is 4.61. The first-order chi connectivity index (χ1) is 10.6. The molecule has 7 heteroatoms. The molecule has 0 atom stereocenters. The molecule has 1 amide bonds. The van der Waals surface area contributed by atoms with Crippen LogP contribution in [0.2, 0.25) is 0 Å². The van der Waals surface area contributed by atoms with Gasteiger partial charge in [-0.05, 0) is 11.6 Å². The van der Waals surface area contributed by atoms with Crippen LogP contribution < -0.4 is 5.56 Å². The van der Waals surface area contributed by atoms with E-state index in [0.29, 0.717) is 0 Å². The largest absolute Gasteiger partial charge is 0.468 e. The molecule has 2 rings (SSSR count). The van der Waals surface area contributed by atoms with Gasteiger partial charge in [0.25, 0.3) is 11.5 Å². The molecule has 0 bridgehead atoms. The van der Waals surface area contributed by atoms with Crippen LogP contribution in [0.25, 0.3) is 0 Å². The third-order valence-electron chi connectivity index (χ3n) is 2.95. The Labute approximate surface area is 126 Å². The lowest BCUT2D eigenvalue weighted by atomic mass is 10.2. The van der Waals surface area contributed by atoms with Crippen molar-refractivity contribution in [1.82, 2.24) is 15.1 Å². The predicted molar refractivity (Wildman–Crippen MR) is 78.1 cm³/mol. The Bertz CT molecular complexity index is 692. The van der Waals surface area contributed by atoms with Crippen molar-refractivity contribution in [3.8, 4) is 0 Å². The minimum absolute atomic E-state index is 0.0550. The Morgan fingerprint density at radius 3 is 2.50 bits per heavy atom. The molecule has 0 aliphatic rings. The van der Waals surface area contributed by atoms with Gasteiger partial charge in [-0.3, -0.25) is 14.4 Å². The zero-order valence-corrected chi connectivity index (χ0v) is 12.0. The van der Waals surface area contributed by atoms with Crippen LogP contribution in [0.3, 0.4) is 0 Å². The maximum Gasteiger partial charge on any atom is 0.325 e. The van der Waals surface area contributed by atoms with Crippen molar-refractivity contribution in [1.29, 1.82) is 0 Å². The number of nitrogens with one attached hydrogen (secondary N) is 1. The molecular formula is C15H15N3O4. The first-order valence-corrected chi connectivity index (χ1v) is 6.56. The van der Waals surface area contributed by atoms with Crippen molar-refractivity contribution in [2.75, 3.05) is 13.7 Å². The zero-order valence-electron chi connectivity index (χ0n) is 12.0. The van der Waals surface area contributed by atoms with Gasteiger partial charge >= 0.3 is 5.97 Å². The highest BCUT2D eigenvalue weighted by Gasteiger charge is 2.20. The van der Waals surface area contributed by atoms with E-state index in [2.05, 4.69) is 14.9 Å². The van der Waals surface area contributed by atoms with Crippen LogP contribution in [0.4, 0.5) is 0 Å². The van der Waals surface area contributed by atoms with E-state index in [1.54, 1.807) is 0 Å². The summed E-state index contributed by atoms with van der Waals surface area (Å²) in [6, 6.07) is 11.8. The molecule has 0 saturated heterocycles. The van der Waals surface area contributed by atoms with Crippen LogP contribution in [0.1, 0.15) is 16.1 Å². The monoisotopic (exact) mass is 301 g/mol. The third-order valence-corrected chi connectivity index (χ3v) is 2.95. The van der Waals surface area contributed by atoms with E-state index in [9.17, 15) is 14.4 Å². The molecule has 0 fully saturated rings. The van der Waals surface area contributed by atoms with Crippen molar-refractivity contribution in [3.05, 3.63) is 64.1 Å². The molecule has 0 saturated carbocycles. The number of ether oxygens (including phenoxy) is 1. The molecule has 22 heavy (non-hydrogen) atoms. The van der Waals surface area contributed by atoms with Gasteiger partial charge in [0.2, 0.25) is 0 Å². The second-order valence-corrected chi connectivity index (χ2v) is 4.53. The molecule has 1 heterocycles. The Balaban J connectivity index is 2.23. The third kappa shape index (κ3) is 4.02. The Hall–Kier alpha value is -2.96. The average molecular weight is 301 g/mol. The molecule has 1 aromatic carbocycles. The summed E-state index contributed by atoms with van der Waals surface area (Å²) in [5.41, 5.74) is 0.516. The van der Waals surface area contributed by atoms with Crippen molar-refractivity contribution in [2.24, 2.45) is 0 Å². The van der Waals surface area contributed by atoms with Gasteiger partial charge in [0, 0.05) is 12.6 Å². The fourth-order valence-corrected chi connectivity index (χ4v) is 1.85. The van der Waals surface area contributed by atoms with Gasteiger partial charge in [0.1, 0.15) is 12.2 Å². The van der Waals surface area contributed by atoms with Gasteiger partial charge in [-0.15, -0.1) is 0 Å². The average Bonchev–Trinajstić information content (AvgIpc) is 2.55. The highest BCUT2D eigenvalue weighted by molar-refractivity contribution is 5.94. The summed E-state index contributed by atoms with van der Waals surface area (Å²) in [5, 5.41) is 5.89. The first kappa shape index (κ1) is 15.4. The Morgan fingerprint density at radius 1 is 1.18 bits per heavy atom. The van der Waals surface area contributed by atoms with Crippen LogP contribution in [0, 0.1) is 0 Å². The van der Waals surface area contributed by atoms with E-state index in [0.717, 1.165) is 5.56 Å². The molecule has 2 aromatic rings. The number of benzene rings is 1. The standard InChI is InChI=1S/C15H15N3O4/c1-22-14(20)10-18(9-11-5-3-2-4-6-11)15(21)12-7-8-13(19)17-16-12/h2-8H,9-10H2,1H3,(H,17,19). The number of amides is 1. The minimum Gasteiger partial charge on any atom is -0.468 e. The van der Waals surface area contributed by atoms with Crippen molar-refractivity contribution < 1.29 is 14.3 Å². The van der Waals surface area contributed by atoms with E-state index < -0.39 is 17.4 Å². The first-order valence-electron chi connectivity index (χ1n) is 6.56. The maximum atomic E-state index is 12.4. The summed E-state index contributed by atoms with van der Waals surface area (Å²) in [6.45, 7) is 0.0284. The number of aromatic nitrogens is 2. The number of hydrogen-bond acceptors (Lipinski definition) is 5. The number of esters is 1. The molecule has 0 radical (unpaired) electrons.